The molecule has 0 amide bonds. The second kappa shape index (κ2) is 5.67. The topological polar surface area (TPSA) is 76.4 Å². The van der Waals surface area contributed by atoms with Crippen molar-refractivity contribution in [3.05, 3.63) is 34.9 Å². The Balaban J connectivity index is 2.09. The van der Waals surface area contributed by atoms with Crippen LogP contribution in [0.1, 0.15) is 18.5 Å². The average molecular weight is 270 g/mol. The van der Waals surface area contributed by atoms with E-state index in [0.717, 1.165) is 5.56 Å². The van der Waals surface area contributed by atoms with Crippen molar-refractivity contribution in [2.75, 3.05) is 6.61 Å². The molecule has 0 aromatic heterocycles. The third-order valence-corrected chi connectivity index (χ3v) is 3.19. The van der Waals surface area contributed by atoms with E-state index >= 15 is 0 Å². The lowest BCUT2D eigenvalue weighted by molar-refractivity contribution is -0.145. The summed E-state index contributed by atoms with van der Waals surface area (Å²) < 4.78 is 4.96. The van der Waals surface area contributed by atoms with Crippen molar-refractivity contribution in [1.29, 1.82) is 0 Å². The molecule has 0 radical (unpaired) electrons. The molecular formula is C12H16ClN3O2. The van der Waals surface area contributed by atoms with Crippen LogP contribution in [0.25, 0.3) is 0 Å². The van der Waals surface area contributed by atoms with Crippen LogP contribution in [0.4, 0.5) is 0 Å². The average Bonchev–Trinajstić information content (AvgIpc) is 2.73. The van der Waals surface area contributed by atoms with Crippen molar-refractivity contribution in [2.45, 2.75) is 25.0 Å². The molecule has 0 bridgehead atoms. The van der Waals surface area contributed by atoms with Gasteiger partial charge in [0.1, 0.15) is 6.04 Å². The molecule has 6 heteroatoms. The van der Waals surface area contributed by atoms with E-state index in [1.54, 1.807) is 19.1 Å². The van der Waals surface area contributed by atoms with Gasteiger partial charge in [0.05, 0.1) is 18.7 Å². The molecule has 1 aromatic rings. The van der Waals surface area contributed by atoms with Crippen LogP contribution in [-0.4, -0.2) is 24.7 Å². The highest BCUT2D eigenvalue weighted by Crippen LogP contribution is 2.23. The molecule has 1 heterocycles. The van der Waals surface area contributed by atoms with E-state index in [1.807, 2.05) is 12.1 Å². The number of esters is 1. The first-order valence-corrected chi connectivity index (χ1v) is 6.20. The summed E-state index contributed by atoms with van der Waals surface area (Å²) in [6, 6.07) is 6.29. The summed E-state index contributed by atoms with van der Waals surface area (Å²) in [6.07, 6.45) is 0. The molecule has 1 aliphatic rings. The second-order valence-corrected chi connectivity index (χ2v) is 4.56. The summed E-state index contributed by atoms with van der Waals surface area (Å²) in [5, 5.41) is 0.667. The number of nitrogens with two attached hydrogens (primary N) is 1. The van der Waals surface area contributed by atoms with E-state index in [1.165, 1.54) is 0 Å². The summed E-state index contributed by atoms with van der Waals surface area (Å²) >= 11 is 5.83. The van der Waals surface area contributed by atoms with Crippen molar-refractivity contribution in [3.8, 4) is 0 Å². The first-order valence-electron chi connectivity index (χ1n) is 5.82. The number of rotatable bonds is 3. The van der Waals surface area contributed by atoms with Crippen LogP contribution in [0.5, 0.6) is 0 Å². The number of carbonyl (C=O) groups is 1. The lowest BCUT2D eigenvalue weighted by atomic mass is 9.97. The Kier molecular flexibility index (Phi) is 4.19. The molecule has 3 atom stereocenters. The maximum atomic E-state index is 11.7. The molecule has 18 heavy (non-hydrogen) atoms. The third kappa shape index (κ3) is 2.64. The lowest BCUT2D eigenvalue weighted by Crippen LogP contribution is -2.45. The second-order valence-electron chi connectivity index (χ2n) is 4.12. The molecule has 2 rings (SSSR count). The maximum Gasteiger partial charge on any atom is 0.326 e. The largest absolute Gasteiger partial charge is 0.465 e. The number of hydrogen-bond acceptors (Lipinski definition) is 5. The van der Waals surface area contributed by atoms with Crippen molar-refractivity contribution >= 4 is 17.6 Å². The molecule has 1 saturated heterocycles. The van der Waals surface area contributed by atoms with Gasteiger partial charge in [0, 0.05) is 5.02 Å². The highest BCUT2D eigenvalue weighted by atomic mass is 35.5. The lowest BCUT2D eigenvalue weighted by Gasteiger charge is -2.17. The van der Waals surface area contributed by atoms with Gasteiger partial charge in [0.2, 0.25) is 0 Å². The zero-order chi connectivity index (χ0) is 13.1. The molecule has 0 saturated carbocycles. The van der Waals surface area contributed by atoms with Gasteiger partial charge in [-0.3, -0.25) is 4.79 Å². The van der Waals surface area contributed by atoms with E-state index in [4.69, 9.17) is 22.1 Å². The summed E-state index contributed by atoms with van der Waals surface area (Å²) in [5.41, 5.74) is 12.9. The number of ether oxygens (including phenoxy) is 1. The fourth-order valence-electron chi connectivity index (χ4n) is 1.99. The van der Waals surface area contributed by atoms with Crippen LogP contribution in [0.3, 0.4) is 0 Å². The smallest absolute Gasteiger partial charge is 0.326 e. The minimum absolute atomic E-state index is 0.142. The van der Waals surface area contributed by atoms with Crippen LogP contribution in [0, 0.1) is 0 Å². The van der Waals surface area contributed by atoms with Gasteiger partial charge in [-0.2, -0.15) is 0 Å². The summed E-state index contributed by atoms with van der Waals surface area (Å²) in [5.74, 6) is -0.339. The molecule has 98 valence electrons. The summed E-state index contributed by atoms with van der Waals surface area (Å²) in [6.45, 7) is 2.11. The number of carbonyl (C=O) groups excluding carboxylic acids is 1. The van der Waals surface area contributed by atoms with Crippen LogP contribution in [-0.2, 0) is 9.53 Å². The first kappa shape index (κ1) is 13.3. The molecule has 1 aliphatic heterocycles. The van der Waals surface area contributed by atoms with Gasteiger partial charge in [-0.25, -0.2) is 10.9 Å². The highest BCUT2D eigenvalue weighted by Gasteiger charge is 2.39. The minimum atomic E-state index is -0.536. The Morgan fingerprint density at radius 2 is 2.06 bits per heavy atom. The fourth-order valence-corrected chi connectivity index (χ4v) is 2.11. The number of nitrogens with one attached hydrogen (secondary N) is 2. The monoisotopic (exact) mass is 269 g/mol. The molecule has 3 unspecified atom stereocenters. The Morgan fingerprint density at radius 3 is 2.67 bits per heavy atom. The Bertz CT molecular complexity index is 424. The zero-order valence-corrected chi connectivity index (χ0v) is 10.8. The van der Waals surface area contributed by atoms with Crippen molar-refractivity contribution < 1.29 is 9.53 Å². The van der Waals surface area contributed by atoms with Crippen molar-refractivity contribution in [1.82, 2.24) is 10.9 Å². The van der Waals surface area contributed by atoms with Gasteiger partial charge in [-0.1, -0.05) is 23.7 Å². The van der Waals surface area contributed by atoms with Crippen molar-refractivity contribution in [2.24, 2.45) is 5.73 Å². The minimum Gasteiger partial charge on any atom is -0.465 e. The third-order valence-electron chi connectivity index (χ3n) is 2.93. The van der Waals surface area contributed by atoms with E-state index in [-0.39, 0.29) is 18.1 Å². The molecular weight excluding hydrogens is 254 g/mol. The Morgan fingerprint density at radius 1 is 1.39 bits per heavy atom. The zero-order valence-electron chi connectivity index (χ0n) is 10.0. The SMILES string of the molecule is CCOC(=O)C1NNC(c2ccc(Cl)cc2)C1N. The standard InChI is InChI=1S/C12H16ClN3O2/c1-2-18-12(17)11-9(14)10(15-16-11)7-3-5-8(13)6-4-7/h3-6,9-11,15-16H,2,14H2,1H3. The van der Waals surface area contributed by atoms with E-state index in [0.29, 0.717) is 11.6 Å². The predicted molar refractivity (Wildman–Crippen MR) is 68.9 cm³/mol. The number of hydrogen-bond donors (Lipinski definition) is 3. The van der Waals surface area contributed by atoms with E-state index < -0.39 is 6.04 Å². The summed E-state index contributed by atoms with van der Waals surface area (Å²) in [4.78, 5) is 11.7. The van der Waals surface area contributed by atoms with Gasteiger partial charge in [0.15, 0.2) is 0 Å². The van der Waals surface area contributed by atoms with Crippen LogP contribution < -0.4 is 16.6 Å². The summed E-state index contributed by atoms with van der Waals surface area (Å²) in [7, 11) is 0. The van der Waals surface area contributed by atoms with E-state index in [9.17, 15) is 4.79 Å². The van der Waals surface area contributed by atoms with Gasteiger partial charge >= 0.3 is 5.97 Å². The Labute approximate surface area is 111 Å². The van der Waals surface area contributed by atoms with Crippen LogP contribution in [0.15, 0.2) is 24.3 Å². The van der Waals surface area contributed by atoms with Gasteiger partial charge in [-0.15, -0.1) is 0 Å². The van der Waals surface area contributed by atoms with Gasteiger partial charge in [-0.05, 0) is 24.6 Å². The molecule has 4 N–H and O–H groups in total. The first-order chi connectivity index (χ1) is 8.63. The maximum absolute atomic E-state index is 11.7. The molecule has 1 fully saturated rings. The molecule has 5 nitrogen and oxygen atoms in total. The number of halogens is 1. The quantitative estimate of drug-likeness (QED) is 0.706. The fraction of sp³-hybridized carbons (Fsp3) is 0.417. The van der Waals surface area contributed by atoms with Gasteiger partial charge in [0.25, 0.3) is 0 Å². The van der Waals surface area contributed by atoms with Crippen molar-refractivity contribution in [3.63, 3.8) is 0 Å². The van der Waals surface area contributed by atoms with E-state index in [2.05, 4.69) is 10.9 Å². The number of benzene rings is 1. The molecule has 1 aromatic carbocycles. The highest BCUT2D eigenvalue weighted by molar-refractivity contribution is 6.30. The molecule has 0 aliphatic carbocycles. The normalized spacial score (nSPS) is 27.2. The number of hydrazine groups is 1. The predicted octanol–water partition coefficient (Wildman–Crippen LogP) is 0.748. The van der Waals surface area contributed by atoms with Crippen LogP contribution >= 0.6 is 11.6 Å². The van der Waals surface area contributed by atoms with Crippen LogP contribution in [0.2, 0.25) is 5.02 Å². The Hall–Kier alpha value is -1.14. The molecule has 0 spiro atoms. The van der Waals surface area contributed by atoms with Gasteiger partial charge < -0.3 is 10.5 Å².